The van der Waals surface area contributed by atoms with Gasteiger partial charge in [0.1, 0.15) is 0 Å². The topological polar surface area (TPSA) is 55.5 Å². The van der Waals surface area contributed by atoms with Gasteiger partial charge in [0.05, 0.1) is 10.6 Å². The Morgan fingerprint density at radius 3 is 2.43 bits per heavy atom. The van der Waals surface area contributed by atoms with E-state index in [4.69, 9.17) is 0 Å². The average molecular weight is 302 g/mol. The monoisotopic (exact) mass is 302 g/mol. The van der Waals surface area contributed by atoms with Gasteiger partial charge in [0.2, 0.25) is 0 Å². The van der Waals surface area contributed by atoms with E-state index in [0.717, 1.165) is 22.0 Å². The molecule has 0 spiro atoms. The molecule has 0 aromatic heterocycles. The van der Waals surface area contributed by atoms with Crippen LogP contribution in [-0.4, -0.2) is 11.1 Å². The predicted octanol–water partition coefficient (Wildman–Crippen LogP) is 5.16. The lowest BCUT2D eigenvalue weighted by Crippen LogP contribution is -1.86. The van der Waals surface area contributed by atoms with Gasteiger partial charge in [-0.1, -0.05) is 42.5 Å². The van der Waals surface area contributed by atoms with Crippen molar-refractivity contribution in [3.8, 4) is 0 Å². The van der Waals surface area contributed by atoms with Crippen molar-refractivity contribution in [3.05, 3.63) is 88.5 Å². The summed E-state index contributed by atoms with van der Waals surface area (Å²) in [5.41, 5.74) is 1.89. The molecule has 3 aromatic rings. The molecule has 0 aliphatic carbocycles. The molecular formula is C19H14N2O2. The molecule has 0 fully saturated rings. The summed E-state index contributed by atoms with van der Waals surface area (Å²) < 4.78 is 0. The van der Waals surface area contributed by atoms with Gasteiger partial charge in [-0.05, 0) is 35.2 Å². The van der Waals surface area contributed by atoms with Crippen molar-refractivity contribution in [2.75, 3.05) is 0 Å². The summed E-state index contributed by atoms with van der Waals surface area (Å²) in [5.74, 6) is 0. The van der Waals surface area contributed by atoms with E-state index in [-0.39, 0.29) is 5.69 Å². The van der Waals surface area contributed by atoms with E-state index < -0.39 is 4.92 Å². The van der Waals surface area contributed by atoms with E-state index in [9.17, 15) is 10.1 Å². The van der Waals surface area contributed by atoms with Crippen LogP contribution in [0.3, 0.4) is 0 Å². The summed E-state index contributed by atoms with van der Waals surface area (Å²) in [7, 11) is 0. The Kier molecular flexibility index (Phi) is 4.25. The Morgan fingerprint density at radius 1 is 0.913 bits per heavy atom. The Morgan fingerprint density at radius 2 is 1.65 bits per heavy atom. The first-order valence-electron chi connectivity index (χ1n) is 7.17. The van der Waals surface area contributed by atoms with Crippen LogP contribution in [-0.2, 0) is 0 Å². The summed E-state index contributed by atoms with van der Waals surface area (Å²) in [6.45, 7) is 0. The molecule has 0 aliphatic rings. The third-order valence-electron chi connectivity index (χ3n) is 3.46. The van der Waals surface area contributed by atoms with E-state index in [2.05, 4.69) is 17.1 Å². The molecule has 0 N–H and O–H groups in total. The lowest BCUT2D eigenvalue weighted by atomic mass is 10.1. The van der Waals surface area contributed by atoms with Crippen molar-refractivity contribution < 1.29 is 4.92 Å². The quantitative estimate of drug-likeness (QED) is 0.379. The molecule has 0 saturated carbocycles. The second kappa shape index (κ2) is 6.66. The molecule has 0 amide bonds. The van der Waals surface area contributed by atoms with Gasteiger partial charge < -0.3 is 0 Å². The van der Waals surface area contributed by atoms with Crippen molar-refractivity contribution in [1.82, 2.24) is 0 Å². The third kappa shape index (κ3) is 3.49. The number of hydrogen-bond donors (Lipinski definition) is 0. The zero-order chi connectivity index (χ0) is 16.1. The number of nitrogens with zero attached hydrogens (tertiary/aromatic N) is 2. The summed E-state index contributed by atoms with van der Waals surface area (Å²) >= 11 is 0. The highest BCUT2D eigenvalue weighted by atomic mass is 16.6. The standard InChI is InChI=1S/C19H14N2O2/c22-21(23)17-12-10-15(11-13-17)5-4-14-20-19-9-3-7-16-6-1-2-8-18(16)19/h1-14H. The van der Waals surface area contributed by atoms with E-state index >= 15 is 0 Å². The second-order valence-corrected chi connectivity index (χ2v) is 4.98. The molecule has 3 aromatic carbocycles. The van der Waals surface area contributed by atoms with Crippen LogP contribution in [0.1, 0.15) is 5.56 Å². The number of benzene rings is 3. The van der Waals surface area contributed by atoms with E-state index in [1.54, 1.807) is 18.3 Å². The zero-order valence-electron chi connectivity index (χ0n) is 12.3. The van der Waals surface area contributed by atoms with E-state index in [1.807, 2.05) is 42.5 Å². The molecule has 3 rings (SSSR count). The highest BCUT2D eigenvalue weighted by Gasteiger charge is 2.01. The summed E-state index contributed by atoms with van der Waals surface area (Å²) in [6, 6.07) is 20.5. The summed E-state index contributed by atoms with van der Waals surface area (Å²) in [4.78, 5) is 14.7. The largest absolute Gasteiger partial charge is 0.269 e. The Bertz CT molecular complexity index is 891. The van der Waals surface area contributed by atoms with Crippen LogP contribution in [0.4, 0.5) is 11.4 Å². The Labute approximate surface area is 133 Å². The molecule has 0 bridgehead atoms. The number of rotatable bonds is 4. The summed E-state index contributed by atoms with van der Waals surface area (Å²) in [5, 5.41) is 12.9. The van der Waals surface area contributed by atoms with Crippen LogP contribution in [0.25, 0.3) is 16.8 Å². The molecule has 0 atom stereocenters. The minimum absolute atomic E-state index is 0.0894. The Hall–Kier alpha value is -3.27. The Balaban J connectivity index is 1.76. The lowest BCUT2D eigenvalue weighted by Gasteiger charge is -2.00. The number of fused-ring (bicyclic) bond motifs is 1. The lowest BCUT2D eigenvalue weighted by molar-refractivity contribution is -0.384. The molecule has 4 heteroatoms. The van der Waals surface area contributed by atoms with E-state index in [1.165, 1.54) is 12.1 Å². The molecule has 0 saturated heterocycles. The highest BCUT2D eigenvalue weighted by molar-refractivity contribution is 5.94. The van der Waals surface area contributed by atoms with Crippen LogP contribution in [0.5, 0.6) is 0 Å². The smallest absolute Gasteiger partial charge is 0.258 e. The number of allylic oxidation sites excluding steroid dienone is 1. The molecule has 0 unspecified atom stereocenters. The van der Waals surface area contributed by atoms with E-state index in [0.29, 0.717) is 0 Å². The number of nitro groups is 1. The van der Waals surface area contributed by atoms with Gasteiger partial charge in [-0.2, -0.15) is 0 Å². The normalized spacial score (nSPS) is 11.5. The van der Waals surface area contributed by atoms with Crippen molar-refractivity contribution in [2.45, 2.75) is 0 Å². The van der Waals surface area contributed by atoms with Gasteiger partial charge in [-0.15, -0.1) is 0 Å². The molecule has 0 aliphatic heterocycles. The van der Waals surface area contributed by atoms with Crippen molar-refractivity contribution in [3.63, 3.8) is 0 Å². The van der Waals surface area contributed by atoms with Crippen molar-refractivity contribution in [1.29, 1.82) is 0 Å². The molecule has 0 heterocycles. The van der Waals surface area contributed by atoms with Gasteiger partial charge in [0.15, 0.2) is 0 Å². The minimum Gasteiger partial charge on any atom is -0.258 e. The van der Waals surface area contributed by atoms with Crippen LogP contribution >= 0.6 is 0 Å². The highest BCUT2D eigenvalue weighted by Crippen LogP contribution is 2.25. The van der Waals surface area contributed by atoms with Gasteiger partial charge in [0.25, 0.3) is 5.69 Å². The third-order valence-corrected chi connectivity index (χ3v) is 3.46. The summed E-state index contributed by atoms with van der Waals surface area (Å²) in [6.07, 6.45) is 5.41. The second-order valence-electron chi connectivity index (χ2n) is 4.98. The zero-order valence-corrected chi connectivity index (χ0v) is 12.3. The fourth-order valence-corrected chi connectivity index (χ4v) is 2.31. The van der Waals surface area contributed by atoms with Crippen molar-refractivity contribution >= 4 is 34.4 Å². The predicted molar refractivity (Wildman–Crippen MR) is 94.2 cm³/mol. The first kappa shape index (κ1) is 14.7. The fourth-order valence-electron chi connectivity index (χ4n) is 2.31. The molecular weight excluding hydrogens is 288 g/mol. The number of aliphatic imine (C=N–C) groups is 1. The molecule has 23 heavy (non-hydrogen) atoms. The minimum atomic E-state index is -0.407. The van der Waals surface area contributed by atoms with Gasteiger partial charge in [-0.25, -0.2) is 0 Å². The fraction of sp³-hybridized carbons (Fsp3) is 0. The van der Waals surface area contributed by atoms with Crippen molar-refractivity contribution in [2.24, 2.45) is 4.99 Å². The average Bonchev–Trinajstić information content (AvgIpc) is 2.59. The maximum absolute atomic E-state index is 10.6. The maximum Gasteiger partial charge on any atom is 0.269 e. The number of nitro benzene ring substituents is 1. The molecule has 0 radical (unpaired) electrons. The van der Waals surface area contributed by atoms with Gasteiger partial charge >= 0.3 is 0 Å². The van der Waals surface area contributed by atoms with Crippen LogP contribution < -0.4 is 0 Å². The van der Waals surface area contributed by atoms with Gasteiger partial charge in [-0.3, -0.25) is 15.1 Å². The first-order valence-corrected chi connectivity index (χ1v) is 7.17. The van der Waals surface area contributed by atoms with Crippen LogP contribution in [0.15, 0.2) is 77.8 Å². The number of hydrogen-bond acceptors (Lipinski definition) is 3. The van der Waals surface area contributed by atoms with Crippen LogP contribution in [0, 0.1) is 10.1 Å². The SMILES string of the molecule is O=[N+]([O-])c1ccc(C=CC=Nc2cccc3ccccc23)cc1. The first-order chi connectivity index (χ1) is 11.2. The molecule has 4 nitrogen and oxygen atoms in total. The maximum atomic E-state index is 10.6. The van der Waals surface area contributed by atoms with Crippen LogP contribution in [0.2, 0.25) is 0 Å². The number of non-ortho nitro benzene ring substituents is 1. The van der Waals surface area contributed by atoms with Gasteiger partial charge in [0, 0.05) is 23.7 Å². The molecule has 112 valence electrons.